The molecule has 0 unspecified atom stereocenters. The van der Waals surface area contributed by atoms with Crippen molar-refractivity contribution >= 4 is 23.9 Å². The quantitative estimate of drug-likeness (QED) is 0.592. The standard InChI is InChI=1S/C23H22N4O6/c28-19-9-8-17(24-25-19)23(30)33-13-20(29)27-22(18-7-3-11-32-18)16-6-1-4-14(21(16)26-27)12-15-5-2-10-31-15/h2-3,5,7-8,10-12,22,24,26H,1,4,6,9,13H2,(H,25,28)/b14-12+/t22-/m0/s1. The Balaban J connectivity index is 1.36. The number of carbonyl (C=O) groups is 3. The Hall–Kier alpha value is -4.21. The molecule has 0 aromatic carbocycles. The smallest absolute Gasteiger partial charge is 0.356 e. The summed E-state index contributed by atoms with van der Waals surface area (Å²) in [4.78, 5) is 36.6. The molecule has 0 saturated heterocycles. The largest absolute Gasteiger partial charge is 0.467 e. The van der Waals surface area contributed by atoms with Crippen LogP contribution in [0, 0.1) is 0 Å². The number of amides is 2. The topological polar surface area (TPSA) is 126 Å². The molecule has 0 fully saturated rings. The molecule has 1 aliphatic carbocycles. The van der Waals surface area contributed by atoms with Gasteiger partial charge in [-0.1, -0.05) is 0 Å². The third-order valence-electron chi connectivity index (χ3n) is 5.67. The second-order valence-corrected chi connectivity index (χ2v) is 7.80. The SMILES string of the molecule is O=C1CC=C(C(=O)OCC(=O)N2NC3=C(CCC/C3=C\c3ccco3)[C@H]2c2ccco2)NN1. The van der Waals surface area contributed by atoms with E-state index in [1.807, 2.05) is 24.3 Å². The summed E-state index contributed by atoms with van der Waals surface area (Å²) >= 11 is 0. The molecule has 0 saturated carbocycles. The summed E-state index contributed by atoms with van der Waals surface area (Å²) in [5, 5.41) is 1.45. The van der Waals surface area contributed by atoms with Gasteiger partial charge in [0, 0.05) is 6.42 Å². The van der Waals surface area contributed by atoms with E-state index in [4.69, 9.17) is 13.6 Å². The summed E-state index contributed by atoms with van der Waals surface area (Å²) in [6.07, 6.45) is 9.16. The van der Waals surface area contributed by atoms with Gasteiger partial charge in [0.25, 0.3) is 5.91 Å². The van der Waals surface area contributed by atoms with Crippen LogP contribution in [0.1, 0.15) is 43.2 Å². The molecule has 3 aliphatic rings. The number of allylic oxidation sites excluding steroid dienone is 1. The summed E-state index contributed by atoms with van der Waals surface area (Å²) in [5.41, 5.74) is 11.0. The molecule has 2 aliphatic heterocycles. The van der Waals surface area contributed by atoms with Crippen LogP contribution in [0.4, 0.5) is 0 Å². The van der Waals surface area contributed by atoms with Gasteiger partial charge in [-0.25, -0.2) is 9.80 Å². The molecule has 2 amide bonds. The molecule has 33 heavy (non-hydrogen) atoms. The number of nitrogens with zero attached hydrogens (tertiary/aromatic N) is 1. The molecule has 170 valence electrons. The van der Waals surface area contributed by atoms with Gasteiger partial charge in [0.1, 0.15) is 23.3 Å². The third-order valence-corrected chi connectivity index (χ3v) is 5.67. The number of carbonyl (C=O) groups excluding carboxylic acids is 3. The highest BCUT2D eigenvalue weighted by molar-refractivity contribution is 5.93. The van der Waals surface area contributed by atoms with Crippen LogP contribution in [-0.2, 0) is 19.1 Å². The van der Waals surface area contributed by atoms with E-state index in [2.05, 4.69) is 16.3 Å². The van der Waals surface area contributed by atoms with Gasteiger partial charge in [-0.3, -0.25) is 25.9 Å². The first-order chi connectivity index (χ1) is 16.1. The van der Waals surface area contributed by atoms with Crippen molar-refractivity contribution in [2.75, 3.05) is 6.61 Å². The van der Waals surface area contributed by atoms with E-state index in [0.29, 0.717) is 5.76 Å². The Bertz CT molecular complexity index is 1160. The van der Waals surface area contributed by atoms with Crippen LogP contribution >= 0.6 is 0 Å². The van der Waals surface area contributed by atoms with Gasteiger partial charge >= 0.3 is 5.97 Å². The fourth-order valence-electron chi connectivity index (χ4n) is 4.17. The van der Waals surface area contributed by atoms with Crippen LogP contribution in [0.15, 0.2) is 74.2 Å². The second kappa shape index (κ2) is 8.73. The monoisotopic (exact) mass is 450 g/mol. The number of rotatable bonds is 5. The summed E-state index contributed by atoms with van der Waals surface area (Å²) in [7, 11) is 0. The highest BCUT2D eigenvalue weighted by atomic mass is 16.5. The van der Waals surface area contributed by atoms with E-state index in [0.717, 1.165) is 41.9 Å². The zero-order valence-electron chi connectivity index (χ0n) is 17.6. The molecule has 5 rings (SSSR count). The van der Waals surface area contributed by atoms with Gasteiger partial charge < -0.3 is 13.6 Å². The molecular formula is C23H22N4O6. The van der Waals surface area contributed by atoms with Crippen LogP contribution in [0.5, 0.6) is 0 Å². The molecule has 4 heterocycles. The van der Waals surface area contributed by atoms with Crippen molar-refractivity contribution in [3.63, 3.8) is 0 Å². The molecule has 2 aromatic heterocycles. The van der Waals surface area contributed by atoms with E-state index in [1.165, 1.54) is 11.1 Å². The molecule has 0 radical (unpaired) electrons. The van der Waals surface area contributed by atoms with E-state index in [9.17, 15) is 14.4 Å². The average Bonchev–Trinajstić information content (AvgIpc) is 3.58. The van der Waals surface area contributed by atoms with Gasteiger partial charge in [0.15, 0.2) is 6.61 Å². The first kappa shape index (κ1) is 20.7. The Kier molecular flexibility index (Phi) is 5.47. The summed E-state index contributed by atoms with van der Waals surface area (Å²) < 4.78 is 16.3. The molecule has 10 nitrogen and oxygen atoms in total. The van der Waals surface area contributed by atoms with E-state index in [1.54, 1.807) is 18.6 Å². The van der Waals surface area contributed by atoms with Crippen LogP contribution in [-0.4, -0.2) is 29.4 Å². The predicted molar refractivity (Wildman–Crippen MR) is 114 cm³/mol. The maximum absolute atomic E-state index is 13.1. The van der Waals surface area contributed by atoms with Crippen molar-refractivity contribution in [1.82, 2.24) is 21.3 Å². The fourth-order valence-corrected chi connectivity index (χ4v) is 4.17. The van der Waals surface area contributed by atoms with Crippen molar-refractivity contribution in [2.24, 2.45) is 0 Å². The number of esters is 1. The molecule has 1 atom stereocenters. The molecule has 10 heteroatoms. The maximum atomic E-state index is 13.1. The molecule has 3 N–H and O–H groups in total. The van der Waals surface area contributed by atoms with Gasteiger partial charge in [0.05, 0.1) is 18.2 Å². The number of furan rings is 2. The van der Waals surface area contributed by atoms with Crippen molar-refractivity contribution in [1.29, 1.82) is 0 Å². The molecule has 0 bridgehead atoms. The number of hydrogen-bond donors (Lipinski definition) is 3. The van der Waals surface area contributed by atoms with Gasteiger partial charge in [-0.05, 0) is 66.8 Å². The Morgan fingerprint density at radius 1 is 1.15 bits per heavy atom. The van der Waals surface area contributed by atoms with Crippen molar-refractivity contribution < 1.29 is 28.0 Å². The summed E-state index contributed by atoms with van der Waals surface area (Å²) in [5.74, 6) is -0.0784. The maximum Gasteiger partial charge on any atom is 0.356 e. The van der Waals surface area contributed by atoms with Crippen LogP contribution < -0.4 is 16.3 Å². The van der Waals surface area contributed by atoms with Crippen LogP contribution in [0.3, 0.4) is 0 Å². The first-order valence-corrected chi connectivity index (χ1v) is 10.6. The highest BCUT2D eigenvalue weighted by Gasteiger charge is 2.41. The van der Waals surface area contributed by atoms with Crippen LogP contribution in [0.25, 0.3) is 6.08 Å². The molecule has 2 aromatic rings. The average molecular weight is 450 g/mol. The zero-order chi connectivity index (χ0) is 22.8. The highest BCUT2D eigenvalue weighted by Crippen LogP contribution is 2.44. The van der Waals surface area contributed by atoms with Crippen molar-refractivity contribution in [2.45, 2.75) is 31.7 Å². The summed E-state index contributed by atoms with van der Waals surface area (Å²) in [6, 6.07) is 6.84. The first-order valence-electron chi connectivity index (χ1n) is 10.6. The lowest BCUT2D eigenvalue weighted by Crippen LogP contribution is -2.44. The van der Waals surface area contributed by atoms with Crippen molar-refractivity contribution in [3.8, 4) is 0 Å². The Morgan fingerprint density at radius 2 is 2.00 bits per heavy atom. The number of nitrogens with one attached hydrogen (secondary N) is 3. The normalized spacial score (nSPS) is 21.2. The van der Waals surface area contributed by atoms with E-state index >= 15 is 0 Å². The predicted octanol–water partition coefficient (Wildman–Crippen LogP) is 2.23. The minimum Gasteiger partial charge on any atom is -0.467 e. The fraction of sp³-hybridized carbons (Fsp3) is 0.261. The number of hydrazine groups is 2. The van der Waals surface area contributed by atoms with E-state index in [-0.39, 0.29) is 18.0 Å². The van der Waals surface area contributed by atoms with Gasteiger partial charge in [-0.2, -0.15) is 0 Å². The number of ether oxygens (including phenoxy) is 1. The Labute approximate surface area is 188 Å². The third kappa shape index (κ3) is 4.14. The lowest BCUT2D eigenvalue weighted by atomic mass is 9.88. The minimum absolute atomic E-state index is 0.0566. The van der Waals surface area contributed by atoms with Gasteiger partial charge in [0.2, 0.25) is 5.91 Å². The minimum atomic E-state index is -0.728. The number of hydrogen-bond acceptors (Lipinski definition) is 8. The van der Waals surface area contributed by atoms with Crippen molar-refractivity contribution in [3.05, 3.63) is 76.9 Å². The lowest BCUT2D eigenvalue weighted by molar-refractivity contribution is -0.151. The zero-order valence-corrected chi connectivity index (χ0v) is 17.6. The summed E-state index contributed by atoms with van der Waals surface area (Å²) in [6.45, 7) is -0.478. The molecule has 0 spiro atoms. The van der Waals surface area contributed by atoms with Crippen LogP contribution in [0.2, 0.25) is 0 Å². The Morgan fingerprint density at radius 3 is 2.73 bits per heavy atom. The second-order valence-electron chi connectivity index (χ2n) is 7.80. The van der Waals surface area contributed by atoms with Gasteiger partial charge in [-0.15, -0.1) is 0 Å². The lowest BCUT2D eigenvalue weighted by Gasteiger charge is -2.25. The van der Waals surface area contributed by atoms with E-state index < -0.39 is 24.5 Å². The molecular weight excluding hydrogens is 428 g/mol.